The quantitative estimate of drug-likeness (QED) is 0.807. The van der Waals surface area contributed by atoms with Gasteiger partial charge in [0.25, 0.3) is 0 Å². The fourth-order valence-electron chi connectivity index (χ4n) is 3.60. The highest BCUT2D eigenvalue weighted by Crippen LogP contribution is 2.56. The molecule has 2 unspecified atom stereocenters. The van der Waals surface area contributed by atoms with Crippen molar-refractivity contribution in [3.63, 3.8) is 0 Å². The summed E-state index contributed by atoms with van der Waals surface area (Å²) in [5.74, 6) is 2.81. The fraction of sp³-hybridized carbons (Fsp3) is 0.368. The summed E-state index contributed by atoms with van der Waals surface area (Å²) in [7, 11) is 5.07. The van der Waals surface area contributed by atoms with Crippen LogP contribution in [0.5, 0.6) is 17.2 Å². The summed E-state index contributed by atoms with van der Waals surface area (Å²) in [4.78, 5) is 0. The molecular weight excluding hydrogens is 292 g/mol. The lowest BCUT2D eigenvalue weighted by Crippen LogP contribution is -2.14. The van der Waals surface area contributed by atoms with Gasteiger partial charge in [0.1, 0.15) is 23.4 Å². The van der Waals surface area contributed by atoms with E-state index in [1.807, 2.05) is 18.2 Å². The molecule has 4 rings (SSSR count). The van der Waals surface area contributed by atoms with Crippen LogP contribution < -0.4 is 14.2 Å². The van der Waals surface area contributed by atoms with E-state index in [0.29, 0.717) is 6.10 Å². The van der Waals surface area contributed by atoms with Gasteiger partial charge in [0.15, 0.2) is 0 Å². The Morgan fingerprint density at radius 1 is 0.913 bits per heavy atom. The monoisotopic (exact) mass is 312 g/mol. The third-order valence-corrected chi connectivity index (χ3v) is 4.83. The Labute approximate surface area is 135 Å². The van der Waals surface area contributed by atoms with Crippen molar-refractivity contribution in [1.82, 2.24) is 0 Å². The van der Waals surface area contributed by atoms with Gasteiger partial charge in [0, 0.05) is 17.5 Å². The highest BCUT2D eigenvalue weighted by Gasteiger charge is 2.49. The molecular formula is C19H20O4. The van der Waals surface area contributed by atoms with Crippen molar-refractivity contribution in [1.29, 1.82) is 0 Å². The van der Waals surface area contributed by atoms with E-state index in [9.17, 15) is 0 Å². The highest BCUT2D eigenvalue weighted by atomic mass is 16.6. The summed E-state index contributed by atoms with van der Waals surface area (Å²) in [6.07, 6.45) is 1.46. The van der Waals surface area contributed by atoms with Crippen LogP contribution in [0.15, 0.2) is 36.4 Å². The summed E-state index contributed by atoms with van der Waals surface area (Å²) >= 11 is 0. The van der Waals surface area contributed by atoms with Gasteiger partial charge < -0.3 is 18.9 Å². The molecule has 2 aromatic carbocycles. The van der Waals surface area contributed by atoms with E-state index >= 15 is 0 Å². The first kappa shape index (κ1) is 14.4. The van der Waals surface area contributed by atoms with Crippen LogP contribution in [-0.2, 0) is 4.74 Å². The lowest BCUT2D eigenvalue weighted by atomic mass is 9.78. The van der Waals surface area contributed by atoms with Crippen molar-refractivity contribution in [2.75, 3.05) is 21.3 Å². The normalized spacial score (nSPS) is 24.4. The maximum atomic E-state index is 5.86. The summed E-state index contributed by atoms with van der Waals surface area (Å²) in [6.45, 7) is 0. The van der Waals surface area contributed by atoms with E-state index in [0.717, 1.165) is 23.7 Å². The molecule has 0 bridgehead atoms. The van der Waals surface area contributed by atoms with E-state index < -0.39 is 0 Å². The van der Waals surface area contributed by atoms with E-state index in [2.05, 4.69) is 18.2 Å². The van der Waals surface area contributed by atoms with Crippen molar-refractivity contribution in [2.45, 2.75) is 24.5 Å². The van der Waals surface area contributed by atoms with E-state index in [-0.39, 0.29) is 12.0 Å². The van der Waals surface area contributed by atoms with Crippen LogP contribution in [0, 0.1) is 0 Å². The first-order chi connectivity index (χ1) is 11.2. The number of epoxide rings is 1. The highest BCUT2D eigenvalue weighted by molar-refractivity contribution is 5.55. The maximum absolute atomic E-state index is 5.86. The molecule has 4 heteroatoms. The van der Waals surface area contributed by atoms with Gasteiger partial charge in [0.05, 0.1) is 27.4 Å². The number of methoxy groups -OCH3 is 3. The van der Waals surface area contributed by atoms with Crippen molar-refractivity contribution >= 4 is 0 Å². The molecule has 0 amide bonds. The largest absolute Gasteiger partial charge is 0.497 e. The molecule has 0 saturated carbocycles. The van der Waals surface area contributed by atoms with Gasteiger partial charge in [-0.25, -0.2) is 0 Å². The van der Waals surface area contributed by atoms with E-state index in [1.165, 1.54) is 16.7 Å². The summed E-state index contributed by atoms with van der Waals surface area (Å²) in [5.41, 5.74) is 3.67. The Morgan fingerprint density at radius 3 is 2.30 bits per heavy atom. The average molecular weight is 312 g/mol. The number of rotatable bonds is 4. The molecule has 1 aliphatic carbocycles. The SMILES string of the molecule is COc1ccc([C@H]2CC3OC3c3cc(OC)cc(OC)c32)cc1. The molecule has 0 aromatic heterocycles. The third-order valence-electron chi connectivity index (χ3n) is 4.83. The Kier molecular flexibility index (Phi) is 3.42. The molecule has 1 heterocycles. The van der Waals surface area contributed by atoms with Crippen LogP contribution in [0.4, 0.5) is 0 Å². The predicted octanol–water partition coefficient (Wildman–Crippen LogP) is 3.69. The van der Waals surface area contributed by atoms with E-state index in [4.69, 9.17) is 18.9 Å². The second-order valence-corrected chi connectivity index (χ2v) is 5.99. The van der Waals surface area contributed by atoms with Gasteiger partial charge in [-0.3, -0.25) is 0 Å². The Balaban J connectivity index is 1.82. The number of fused-ring (bicyclic) bond motifs is 3. The second-order valence-electron chi connectivity index (χ2n) is 5.99. The summed E-state index contributed by atoms with van der Waals surface area (Å²) in [5, 5.41) is 0. The Hall–Kier alpha value is -2.20. The van der Waals surface area contributed by atoms with Gasteiger partial charge in [-0.2, -0.15) is 0 Å². The molecule has 1 saturated heterocycles. The zero-order chi connectivity index (χ0) is 16.0. The van der Waals surface area contributed by atoms with Gasteiger partial charge in [0.2, 0.25) is 0 Å². The van der Waals surface area contributed by atoms with Crippen LogP contribution in [0.3, 0.4) is 0 Å². The smallest absolute Gasteiger partial charge is 0.126 e. The zero-order valence-electron chi connectivity index (χ0n) is 13.5. The number of hydrogen-bond acceptors (Lipinski definition) is 4. The lowest BCUT2D eigenvalue weighted by Gasteiger charge is -2.26. The molecule has 0 spiro atoms. The zero-order valence-corrected chi connectivity index (χ0v) is 13.5. The predicted molar refractivity (Wildman–Crippen MR) is 86.6 cm³/mol. The van der Waals surface area contributed by atoms with Crippen molar-refractivity contribution in [2.24, 2.45) is 0 Å². The first-order valence-electron chi connectivity index (χ1n) is 7.80. The third kappa shape index (κ3) is 2.34. The van der Waals surface area contributed by atoms with Gasteiger partial charge in [-0.15, -0.1) is 0 Å². The summed E-state index contributed by atoms with van der Waals surface area (Å²) in [6, 6.07) is 12.3. The number of benzene rings is 2. The molecule has 2 aliphatic rings. The molecule has 1 fully saturated rings. The molecule has 120 valence electrons. The second kappa shape index (κ2) is 5.46. The van der Waals surface area contributed by atoms with Gasteiger partial charge in [-0.1, -0.05) is 12.1 Å². The number of ether oxygens (including phenoxy) is 4. The van der Waals surface area contributed by atoms with Crippen molar-refractivity contribution in [3.8, 4) is 17.2 Å². The molecule has 3 atom stereocenters. The minimum atomic E-state index is 0.184. The minimum Gasteiger partial charge on any atom is -0.497 e. The molecule has 2 aromatic rings. The maximum Gasteiger partial charge on any atom is 0.126 e. The molecule has 1 aliphatic heterocycles. The Bertz CT molecular complexity index is 723. The van der Waals surface area contributed by atoms with Crippen LogP contribution in [0.25, 0.3) is 0 Å². The topological polar surface area (TPSA) is 40.2 Å². The number of hydrogen-bond donors (Lipinski definition) is 0. The Morgan fingerprint density at radius 2 is 1.65 bits per heavy atom. The van der Waals surface area contributed by atoms with Crippen molar-refractivity contribution < 1.29 is 18.9 Å². The van der Waals surface area contributed by atoms with Crippen LogP contribution >= 0.6 is 0 Å². The molecule has 23 heavy (non-hydrogen) atoms. The standard InChI is InChI=1S/C19H20O4/c1-20-12-6-4-11(5-7-12)14-10-17-19(23-17)15-8-13(21-2)9-16(22-3)18(14)15/h4-9,14,17,19H,10H2,1-3H3/t14-,17?,19?/m1/s1. The van der Waals surface area contributed by atoms with Crippen molar-refractivity contribution in [3.05, 3.63) is 53.1 Å². The molecule has 0 radical (unpaired) electrons. The molecule has 4 nitrogen and oxygen atoms in total. The van der Waals surface area contributed by atoms with Crippen LogP contribution in [0.1, 0.15) is 35.1 Å². The first-order valence-corrected chi connectivity index (χ1v) is 7.80. The average Bonchev–Trinajstić information content (AvgIpc) is 3.40. The van der Waals surface area contributed by atoms with Gasteiger partial charge >= 0.3 is 0 Å². The minimum absolute atomic E-state index is 0.184. The lowest BCUT2D eigenvalue weighted by molar-refractivity contribution is 0.368. The summed E-state index contributed by atoms with van der Waals surface area (Å²) < 4.78 is 22.2. The van der Waals surface area contributed by atoms with Crippen LogP contribution in [0.2, 0.25) is 0 Å². The van der Waals surface area contributed by atoms with Crippen LogP contribution in [-0.4, -0.2) is 27.4 Å². The fourth-order valence-corrected chi connectivity index (χ4v) is 3.60. The van der Waals surface area contributed by atoms with E-state index in [1.54, 1.807) is 21.3 Å². The molecule has 0 N–H and O–H groups in total. The van der Waals surface area contributed by atoms with Gasteiger partial charge in [-0.05, 0) is 35.7 Å².